The topological polar surface area (TPSA) is 64.7 Å². The van der Waals surface area contributed by atoms with Crippen LogP contribution in [0.5, 0.6) is 0 Å². The van der Waals surface area contributed by atoms with Crippen molar-refractivity contribution in [3.05, 3.63) is 65.7 Å². The lowest BCUT2D eigenvalue weighted by atomic mass is 10.1. The van der Waals surface area contributed by atoms with Crippen molar-refractivity contribution in [2.75, 3.05) is 5.32 Å². The molecule has 6 nitrogen and oxygen atoms in total. The highest BCUT2D eigenvalue weighted by molar-refractivity contribution is 6.03. The van der Waals surface area contributed by atoms with E-state index in [0.717, 1.165) is 0 Å². The zero-order valence-corrected chi connectivity index (χ0v) is 12.5. The number of nitrogens with one attached hydrogen (secondary N) is 1. The lowest BCUT2D eigenvalue weighted by Crippen LogP contribution is -2.10. The van der Waals surface area contributed by atoms with Gasteiger partial charge in [-0.1, -0.05) is 29.8 Å². The summed E-state index contributed by atoms with van der Waals surface area (Å²) in [6.07, 6.45) is 6.67. The molecule has 2 heterocycles. The van der Waals surface area contributed by atoms with E-state index in [-0.39, 0.29) is 5.91 Å². The number of aryl methyl sites for hydroxylation is 2. The van der Waals surface area contributed by atoms with E-state index in [1.165, 1.54) is 17.3 Å². The van der Waals surface area contributed by atoms with Gasteiger partial charge in [0, 0.05) is 19.4 Å². The summed E-state index contributed by atoms with van der Waals surface area (Å²) in [6, 6.07) is 8.27. The molecular formula is C16H17N5O. The molecule has 22 heavy (non-hydrogen) atoms. The molecule has 0 unspecified atom stereocenters. The van der Waals surface area contributed by atoms with Gasteiger partial charge in [0.15, 0.2) is 0 Å². The van der Waals surface area contributed by atoms with Crippen LogP contribution >= 0.6 is 0 Å². The summed E-state index contributed by atoms with van der Waals surface area (Å²) in [5, 5.41) is 11.1. The lowest BCUT2D eigenvalue weighted by molar-refractivity contribution is 0.102. The van der Waals surface area contributed by atoms with Crippen LogP contribution in [0.15, 0.2) is 49.1 Å². The molecule has 0 aliphatic carbocycles. The first-order chi connectivity index (χ1) is 10.6. The lowest BCUT2D eigenvalue weighted by Gasteiger charge is -2.03. The van der Waals surface area contributed by atoms with Crippen LogP contribution in [-0.2, 0) is 13.6 Å². The first kappa shape index (κ1) is 14.1. The first-order valence-corrected chi connectivity index (χ1v) is 6.98. The average Bonchev–Trinajstić information content (AvgIpc) is 3.08. The second-order valence-corrected chi connectivity index (χ2v) is 5.27. The molecule has 0 spiro atoms. The molecule has 3 rings (SSSR count). The maximum absolute atomic E-state index is 12.0. The van der Waals surface area contributed by atoms with Crippen molar-refractivity contribution < 1.29 is 4.79 Å². The number of benzene rings is 1. The van der Waals surface area contributed by atoms with Crippen LogP contribution in [0, 0.1) is 6.92 Å². The molecule has 0 fully saturated rings. The minimum Gasteiger partial charge on any atom is -0.319 e. The smallest absolute Gasteiger partial charge is 0.258 e. The van der Waals surface area contributed by atoms with Gasteiger partial charge in [-0.3, -0.25) is 14.2 Å². The van der Waals surface area contributed by atoms with Crippen LogP contribution < -0.4 is 5.32 Å². The number of amides is 1. The molecule has 0 radical (unpaired) electrons. The van der Waals surface area contributed by atoms with Crippen LogP contribution in [0.1, 0.15) is 21.5 Å². The maximum Gasteiger partial charge on any atom is 0.258 e. The number of carbonyl (C=O) groups is 1. The van der Waals surface area contributed by atoms with Gasteiger partial charge in [-0.15, -0.1) is 0 Å². The van der Waals surface area contributed by atoms with E-state index in [4.69, 9.17) is 0 Å². The molecule has 6 heteroatoms. The number of carbonyl (C=O) groups excluding carboxylic acids is 1. The van der Waals surface area contributed by atoms with Gasteiger partial charge < -0.3 is 5.32 Å². The SMILES string of the molecule is Cc1cccc(Cn2cc(NC(=O)c3cnn(C)c3)cn2)c1. The minimum absolute atomic E-state index is 0.191. The highest BCUT2D eigenvalue weighted by atomic mass is 16.1. The summed E-state index contributed by atoms with van der Waals surface area (Å²) in [7, 11) is 1.77. The van der Waals surface area contributed by atoms with Gasteiger partial charge in [-0.25, -0.2) is 0 Å². The van der Waals surface area contributed by atoms with E-state index >= 15 is 0 Å². The number of hydrogen-bond donors (Lipinski definition) is 1. The monoisotopic (exact) mass is 295 g/mol. The van der Waals surface area contributed by atoms with Crippen LogP contribution in [0.3, 0.4) is 0 Å². The predicted molar refractivity (Wildman–Crippen MR) is 83.7 cm³/mol. The summed E-state index contributed by atoms with van der Waals surface area (Å²) < 4.78 is 3.39. The van der Waals surface area contributed by atoms with Gasteiger partial charge in [0.1, 0.15) is 0 Å². The molecule has 112 valence electrons. The molecule has 0 saturated heterocycles. The number of aromatic nitrogens is 4. The number of rotatable bonds is 4. The zero-order chi connectivity index (χ0) is 15.5. The summed E-state index contributed by atoms with van der Waals surface area (Å²) in [4.78, 5) is 12.0. The molecule has 0 atom stereocenters. The minimum atomic E-state index is -0.191. The van der Waals surface area contributed by atoms with Crippen LogP contribution in [0.25, 0.3) is 0 Å². The van der Waals surface area contributed by atoms with E-state index in [1.807, 2.05) is 12.3 Å². The van der Waals surface area contributed by atoms with Crippen LogP contribution in [0.4, 0.5) is 5.69 Å². The number of nitrogens with zero attached hydrogens (tertiary/aromatic N) is 4. The van der Waals surface area contributed by atoms with Crippen molar-refractivity contribution in [3.63, 3.8) is 0 Å². The number of hydrogen-bond acceptors (Lipinski definition) is 3. The second-order valence-electron chi connectivity index (χ2n) is 5.27. The van der Waals surface area contributed by atoms with Gasteiger partial charge >= 0.3 is 0 Å². The Morgan fingerprint density at radius 2 is 2.09 bits per heavy atom. The van der Waals surface area contributed by atoms with Crippen molar-refractivity contribution in [2.24, 2.45) is 7.05 Å². The molecule has 0 saturated carbocycles. The molecule has 1 amide bonds. The summed E-state index contributed by atoms with van der Waals surface area (Å²) >= 11 is 0. The second kappa shape index (κ2) is 5.85. The van der Waals surface area contributed by atoms with Crippen molar-refractivity contribution in [3.8, 4) is 0 Å². The van der Waals surface area contributed by atoms with Crippen LogP contribution in [0.2, 0.25) is 0 Å². The van der Waals surface area contributed by atoms with E-state index in [2.05, 4.69) is 40.6 Å². The van der Waals surface area contributed by atoms with E-state index in [9.17, 15) is 4.79 Å². The molecule has 0 aliphatic heterocycles. The third-order valence-electron chi connectivity index (χ3n) is 3.29. The largest absolute Gasteiger partial charge is 0.319 e. The fraction of sp³-hybridized carbons (Fsp3) is 0.188. The van der Waals surface area contributed by atoms with E-state index in [1.54, 1.807) is 28.8 Å². The molecule has 0 bridgehead atoms. The van der Waals surface area contributed by atoms with Crippen molar-refractivity contribution >= 4 is 11.6 Å². The molecule has 3 aromatic rings. The highest BCUT2D eigenvalue weighted by Crippen LogP contribution is 2.11. The molecule has 2 aromatic heterocycles. The third-order valence-corrected chi connectivity index (χ3v) is 3.29. The normalized spacial score (nSPS) is 10.6. The van der Waals surface area contributed by atoms with Gasteiger partial charge in [0.25, 0.3) is 5.91 Å². The van der Waals surface area contributed by atoms with Crippen molar-refractivity contribution in [2.45, 2.75) is 13.5 Å². The Balaban J connectivity index is 1.67. The fourth-order valence-corrected chi connectivity index (χ4v) is 2.25. The number of anilines is 1. The maximum atomic E-state index is 12.0. The predicted octanol–water partition coefficient (Wildman–Crippen LogP) is 2.23. The van der Waals surface area contributed by atoms with Crippen molar-refractivity contribution in [1.82, 2.24) is 19.6 Å². The Labute approximate surface area is 128 Å². The molecular weight excluding hydrogens is 278 g/mol. The quantitative estimate of drug-likeness (QED) is 0.802. The van der Waals surface area contributed by atoms with Gasteiger partial charge in [-0.05, 0) is 12.5 Å². The Hall–Kier alpha value is -2.89. The van der Waals surface area contributed by atoms with Gasteiger partial charge in [-0.2, -0.15) is 10.2 Å². The molecule has 1 aromatic carbocycles. The Bertz CT molecular complexity index is 802. The fourth-order valence-electron chi connectivity index (χ4n) is 2.25. The highest BCUT2D eigenvalue weighted by Gasteiger charge is 2.09. The first-order valence-electron chi connectivity index (χ1n) is 6.98. The Morgan fingerprint density at radius 1 is 1.23 bits per heavy atom. The third kappa shape index (κ3) is 3.22. The van der Waals surface area contributed by atoms with Gasteiger partial charge in [0.05, 0.1) is 30.2 Å². The summed E-state index contributed by atoms with van der Waals surface area (Å²) in [5.74, 6) is -0.191. The van der Waals surface area contributed by atoms with Crippen LogP contribution in [-0.4, -0.2) is 25.5 Å². The zero-order valence-electron chi connectivity index (χ0n) is 12.5. The van der Waals surface area contributed by atoms with E-state index in [0.29, 0.717) is 17.8 Å². The average molecular weight is 295 g/mol. The standard InChI is InChI=1S/C16H17N5O/c1-12-4-3-5-13(6-12)9-21-11-15(8-18-21)19-16(22)14-7-17-20(2)10-14/h3-8,10-11H,9H2,1-2H3,(H,19,22). The molecule has 1 N–H and O–H groups in total. The Kier molecular flexibility index (Phi) is 3.74. The summed E-state index contributed by atoms with van der Waals surface area (Å²) in [6.45, 7) is 2.73. The van der Waals surface area contributed by atoms with Gasteiger partial charge in [0.2, 0.25) is 0 Å². The van der Waals surface area contributed by atoms with E-state index < -0.39 is 0 Å². The molecule has 0 aliphatic rings. The summed E-state index contributed by atoms with van der Waals surface area (Å²) in [5.41, 5.74) is 3.58. The van der Waals surface area contributed by atoms with Crippen molar-refractivity contribution in [1.29, 1.82) is 0 Å². The Morgan fingerprint density at radius 3 is 2.82 bits per heavy atom.